The molecule has 0 aromatic heterocycles. The van der Waals surface area contributed by atoms with E-state index in [9.17, 15) is 23.6 Å². The zero-order valence-electron chi connectivity index (χ0n) is 15.0. The van der Waals surface area contributed by atoms with E-state index in [1.54, 1.807) is 6.07 Å². The van der Waals surface area contributed by atoms with Crippen molar-refractivity contribution >= 4 is 29.3 Å². The molecule has 28 heavy (non-hydrogen) atoms. The number of hydrogen-bond donors (Lipinski definition) is 2. The van der Waals surface area contributed by atoms with Crippen molar-refractivity contribution in [2.24, 2.45) is 0 Å². The molecule has 146 valence electrons. The zero-order valence-corrected chi connectivity index (χ0v) is 15.0. The number of anilines is 1. The van der Waals surface area contributed by atoms with Crippen LogP contribution in [0.3, 0.4) is 0 Å². The van der Waals surface area contributed by atoms with Crippen molar-refractivity contribution in [1.82, 2.24) is 15.5 Å². The molecule has 4 aliphatic rings. The largest absolute Gasteiger partial charge is 0.368 e. The van der Waals surface area contributed by atoms with Gasteiger partial charge in [-0.2, -0.15) is 0 Å². The Kier molecular flexibility index (Phi) is 3.77. The number of piperidine rings is 1. The van der Waals surface area contributed by atoms with E-state index in [0.29, 0.717) is 30.9 Å². The summed E-state index contributed by atoms with van der Waals surface area (Å²) >= 11 is 0. The second kappa shape index (κ2) is 6.10. The van der Waals surface area contributed by atoms with Gasteiger partial charge in [-0.15, -0.1) is 0 Å². The van der Waals surface area contributed by atoms with Crippen LogP contribution in [0.4, 0.5) is 10.1 Å². The average molecular weight is 386 g/mol. The van der Waals surface area contributed by atoms with Crippen LogP contribution in [0, 0.1) is 5.82 Å². The van der Waals surface area contributed by atoms with Crippen LogP contribution in [-0.4, -0.2) is 59.7 Å². The lowest BCUT2D eigenvalue weighted by Crippen LogP contribution is -2.54. The van der Waals surface area contributed by atoms with E-state index >= 15 is 0 Å². The summed E-state index contributed by atoms with van der Waals surface area (Å²) in [4.78, 5) is 51.9. The van der Waals surface area contributed by atoms with Gasteiger partial charge in [-0.05, 0) is 31.4 Å². The molecule has 8 nitrogen and oxygen atoms in total. The smallest absolute Gasteiger partial charge is 0.265 e. The number of benzene rings is 1. The minimum absolute atomic E-state index is 0.0180. The Morgan fingerprint density at radius 2 is 1.68 bits per heavy atom. The molecule has 3 saturated heterocycles. The van der Waals surface area contributed by atoms with Crippen molar-refractivity contribution < 1.29 is 23.6 Å². The van der Waals surface area contributed by atoms with Crippen molar-refractivity contribution in [3.05, 3.63) is 29.1 Å². The third-order valence-corrected chi connectivity index (χ3v) is 6.06. The summed E-state index contributed by atoms with van der Waals surface area (Å²) in [7, 11) is 0. The molecule has 9 heteroatoms. The lowest BCUT2D eigenvalue weighted by atomic mass is 10.0. The fourth-order valence-corrected chi connectivity index (χ4v) is 4.72. The molecule has 0 spiro atoms. The molecule has 0 saturated carbocycles. The molecule has 4 aliphatic heterocycles. The fraction of sp³-hybridized carbons (Fsp3) is 0.474. The van der Waals surface area contributed by atoms with Gasteiger partial charge in [-0.3, -0.25) is 29.4 Å². The maximum atomic E-state index is 14.8. The highest BCUT2D eigenvalue weighted by Gasteiger charge is 2.46. The first-order valence-electron chi connectivity index (χ1n) is 9.48. The molecule has 1 aromatic rings. The number of halogens is 1. The monoisotopic (exact) mass is 386 g/mol. The summed E-state index contributed by atoms with van der Waals surface area (Å²) in [6.07, 6.45) is 2.21. The Hall–Kier alpha value is -2.81. The summed E-state index contributed by atoms with van der Waals surface area (Å²) in [5.41, 5.74) is 0.257. The highest BCUT2D eigenvalue weighted by atomic mass is 19.1. The molecule has 3 atom stereocenters. The predicted molar refractivity (Wildman–Crippen MR) is 95.2 cm³/mol. The van der Waals surface area contributed by atoms with Gasteiger partial charge in [0.2, 0.25) is 11.8 Å². The van der Waals surface area contributed by atoms with Crippen molar-refractivity contribution in [2.45, 2.75) is 43.8 Å². The van der Waals surface area contributed by atoms with Gasteiger partial charge in [0.25, 0.3) is 11.8 Å². The normalized spacial score (nSPS) is 29.4. The van der Waals surface area contributed by atoms with Crippen LogP contribution in [0.25, 0.3) is 0 Å². The second-order valence-electron chi connectivity index (χ2n) is 7.84. The average Bonchev–Trinajstić information content (AvgIpc) is 3.12. The Balaban J connectivity index is 1.48. The van der Waals surface area contributed by atoms with Crippen LogP contribution in [0.5, 0.6) is 0 Å². The second-order valence-corrected chi connectivity index (χ2v) is 7.84. The highest BCUT2D eigenvalue weighted by Crippen LogP contribution is 2.34. The number of rotatable bonds is 2. The molecular weight excluding hydrogens is 367 g/mol. The maximum Gasteiger partial charge on any atom is 0.265 e. The molecule has 4 amide bonds. The zero-order chi connectivity index (χ0) is 19.6. The number of imide groups is 2. The number of carbonyl (C=O) groups excluding carboxylic acids is 4. The van der Waals surface area contributed by atoms with E-state index < -0.39 is 35.5 Å². The number of nitrogens with zero attached hydrogens (tertiary/aromatic N) is 2. The fourth-order valence-electron chi connectivity index (χ4n) is 4.72. The SMILES string of the molecule is O=C1CCC(N2C(=O)c3cc(N4CC5CCC(C4)N5)cc(F)c3C2=O)C(=O)N1. The molecule has 0 aliphatic carbocycles. The molecule has 1 aromatic carbocycles. The molecule has 3 unspecified atom stereocenters. The minimum atomic E-state index is -1.09. The maximum absolute atomic E-state index is 14.8. The van der Waals surface area contributed by atoms with Crippen LogP contribution in [0.1, 0.15) is 46.4 Å². The van der Waals surface area contributed by atoms with Crippen LogP contribution in [0.2, 0.25) is 0 Å². The van der Waals surface area contributed by atoms with Crippen LogP contribution >= 0.6 is 0 Å². The molecule has 3 fully saturated rings. The van der Waals surface area contributed by atoms with Gasteiger partial charge in [0.15, 0.2) is 0 Å². The van der Waals surface area contributed by atoms with Crippen LogP contribution < -0.4 is 15.5 Å². The first-order valence-corrected chi connectivity index (χ1v) is 9.48. The van der Waals surface area contributed by atoms with Crippen molar-refractivity contribution in [2.75, 3.05) is 18.0 Å². The highest BCUT2D eigenvalue weighted by molar-refractivity contribution is 6.23. The topological polar surface area (TPSA) is 98.8 Å². The lowest BCUT2D eigenvalue weighted by molar-refractivity contribution is -0.136. The van der Waals surface area contributed by atoms with E-state index in [4.69, 9.17) is 0 Å². The Labute approximate surface area is 160 Å². The Morgan fingerprint density at radius 3 is 2.36 bits per heavy atom. The number of carbonyl (C=O) groups is 4. The van der Waals surface area contributed by atoms with Crippen LogP contribution in [-0.2, 0) is 9.59 Å². The summed E-state index contributed by atoms with van der Waals surface area (Å²) in [5.74, 6) is -3.41. The van der Waals surface area contributed by atoms with Gasteiger partial charge in [0.1, 0.15) is 11.9 Å². The minimum Gasteiger partial charge on any atom is -0.368 e. The number of hydrogen-bond acceptors (Lipinski definition) is 6. The van der Waals surface area contributed by atoms with Gasteiger partial charge in [-0.1, -0.05) is 0 Å². The lowest BCUT2D eigenvalue weighted by Gasteiger charge is -2.34. The third kappa shape index (κ3) is 2.53. The number of nitrogens with one attached hydrogen (secondary N) is 2. The van der Waals surface area contributed by atoms with Crippen molar-refractivity contribution in [1.29, 1.82) is 0 Å². The van der Waals surface area contributed by atoms with Crippen LogP contribution in [0.15, 0.2) is 12.1 Å². The van der Waals surface area contributed by atoms with E-state index in [2.05, 4.69) is 10.6 Å². The van der Waals surface area contributed by atoms with Crippen molar-refractivity contribution in [3.63, 3.8) is 0 Å². The van der Waals surface area contributed by atoms with E-state index in [1.165, 1.54) is 6.07 Å². The number of amides is 4. The van der Waals surface area contributed by atoms with Crippen molar-refractivity contribution in [3.8, 4) is 0 Å². The quantitative estimate of drug-likeness (QED) is 0.703. The van der Waals surface area contributed by atoms with E-state index in [1.807, 2.05) is 4.90 Å². The third-order valence-electron chi connectivity index (χ3n) is 6.06. The molecule has 5 rings (SSSR count). The van der Waals surface area contributed by atoms with Gasteiger partial charge < -0.3 is 10.2 Å². The number of fused-ring (bicyclic) bond motifs is 3. The molecular formula is C19H19FN4O4. The van der Waals surface area contributed by atoms with Gasteiger partial charge >= 0.3 is 0 Å². The van der Waals surface area contributed by atoms with E-state index in [0.717, 1.165) is 17.7 Å². The summed E-state index contributed by atoms with van der Waals surface area (Å²) in [6.45, 7) is 1.43. The Morgan fingerprint density at radius 1 is 0.964 bits per heavy atom. The standard InChI is InChI=1S/C19H19FN4O4/c20-13-6-11(23-7-9-1-2-10(8-23)21-9)5-12-16(13)19(28)24(18(12)27)14-3-4-15(25)22-17(14)26/h5-6,9-10,14,21H,1-4,7-8H2,(H,22,25,26). The molecule has 2 bridgehead atoms. The summed E-state index contributed by atoms with van der Waals surface area (Å²) in [5, 5.41) is 5.63. The summed E-state index contributed by atoms with van der Waals surface area (Å²) in [6, 6.07) is 2.43. The Bertz CT molecular complexity index is 921. The van der Waals surface area contributed by atoms with E-state index in [-0.39, 0.29) is 24.0 Å². The molecule has 0 radical (unpaired) electrons. The van der Waals surface area contributed by atoms with Gasteiger partial charge in [0, 0.05) is 37.3 Å². The first kappa shape index (κ1) is 17.3. The van der Waals surface area contributed by atoms with Gasteiger partial charge in [0.05, 0.1) is 11.1 Å². The summed E-state index contributed by atoms with van der Waals surface area (Å²) < 4.78 is 14.8. The van der Waals surface area contributed by atoms with Gasteiger partial charge in [-0.25, -0.2) is 4.39 Å². The number of piperazine rings is 1. The first-order chi connectivity index (χ1) is 13.4. The molecule has 2 N–H and O–H groups in total. The predicted octanol–water partition coefficient (Wildman–Crippen LogP) is 0.168. The molecule has 4 heterocycles.